The van der Waals surface area contributed by atoms with E-state index in [-0.39, 0.29) is 18.4 Å². The van der Waals surface area contributed by atoms with Gasteiger partial charge in [-0.05, 0) is 10.4 Å². The lowest BCUT2D eigenvalue weighted by Crippen LogP contribution is -2.51. The van der Waals surface area contributed by atoms with Gasteiger partial charge >= 0.3 is 0 Å². The van der Waals surface area contributed by atoms with E-state index in [9.17, 15) is 9.59 Å². The van der Waals surface area contributed by atoms with Crippen molar-refractivity contribution in [1.29, 1.82) is 0 Å². The Morgan fingerprint density at radius 2 is 1.84 bits per heavy atom. The van der Waals surface area contributed by atoms with Crippen LogP contribution in [-0.4, -0.2) is 73.0 Å². The summed E-state index contributed by atoms with van der Waals surface area (Å²) in [6.07, 6.45) is 1.73. The summed E-state index contributed by atoms with van der Waals surface area (Å²) in [6.45, 7) is 6.45. The third-order valence-electron chi connectivity index (χ3n) is 4.07. The van der Waals surface area contributed by atoms with E-state index in [1.807, 2.05) is 5.38 Å². The zero-order valence-electron chi connectivity index (χ0n) is 14.3. The predicted molar refractivity (Wildman–Crippen MR) is 90.9 cm³/mol. The number of nitrogens with zero attached hydrogens (tertiary/aromatic N) is 7. The number of rotatable bonds is 5. The van der Waals surface area contributed by atoms with Crippen LogP contribution < -0.4 is 0 Å². The molecule has 1 aliphatic rings. The van der Waals surface area contributed by atoms with E-state index in [1.165, 1.54) is 11.0 Å². The summed E-state index contributed by atoms with van der Waals surface area (Å²) in [5.41, 5.74) is 0.830. The van der Waals surface area contributed by atoms with Gasteiger partial charge in [0.15, 0.2) is 0 Å². The van der Waals surface area contributed by atoms with Crippen LogP contribution in [-0.2, 0) is 22.6 Å². The van der Waals surface area contributed by atoms with Crippen molar-refractivity contribution in [2.75, 3.05) is 26.2 Å². The Hall–Kier alpha value is -2.36. The number of piperazine rings is 1. The largest absolute Gasteiger partial charge is 0.339 e. The number of thiazole rings is 1. The van der Waals surface area contributed by atoms with Crippen LogP contribution in [0.3, 0.4) is 0 Å². The van der Waals surface area contributed by atoms with Crippen LogP contribution in [0.15, 0.2) is 11.7 Å². The number of amides is 2. The minimum absolute atomic E-state index is 0.0412. The summed E-state index contributed by atoms with van der Waals surface area (Å²) in [4.78, 5) is 32.7. The maximum Gasteiger partial charge on any atom is 0.244 e. The Balaban J connectivity index is 1.47. The lowest BCUT2D eigenvalue weighted by atomic mass is 10.2. The van der Waals surface area contributed by atoms with Gasteiger partial charge in [-0.1, -0.05) is 13.8 Å². The second-order valence-corrected chi connectivity index (χ2v) is 7.17. The van der Waals surface area contributed by atoms with Crippen LogP contribution in [0.2, 0.25) is 0 Å². The zero-order chi connectivity index (χ0) is 17.8. The maximum absolute atomic E-state index is 12.4. The van der Waals surface area contributed by atoms with E-state index >= 15 is 0 Å². The molecule has 0 unspecified atom stereocenters. The summed E-state index contributed by atoms with van der Waals surface area (Å²) in [6, 6.07) is 0. The highest BCUT2D eigenvalue weighted by Crippen LogP contribution is 2.19. The molecule has 25 heavy (non-hydrogen) atoms. The summed E-state index contributed by atoms with van der Waals surface area (Å²) in [5.74, 6) is 0.400. The summed E-state index contributed by atoms with van der Waals surface area (Å²) < 4.78 is 1.40. The molecule has 0 bridgehead atoms. The van der Waals surface area contributed by atoms with Gasteiger partial charge in [0.05, 0.1) is 17.1 Å². The molecule has 0 atom stereocenters. The van der Waals surface area contributed by atoms with E-state index < -0.39 is 0 Å². The number of tetrazole rings is 1. The van der Waals surface area contributed by atoms with Crippen molar-refractivity contribution >= 4 is 23.2 Å². The van der Waals surface area contributed by atoms with E-state index in [2.05, 4.69) is 34.4 Å². The molecular formula is C15H21N7O2S. The Morgan fingerprint density at radius 3 is 2.40 bits per heavy atom. The summed E-state index contributed by atoms with van der Waals surface area (Å²) in [5, 5.41) is 13.7. The molecule has 1 aliphatic heterocycles. The topological polar surface area (TPSA) is 97.1 Å². The number of carbonyl (C=O) groups excluding carboxylic acids is 2. The fourth-order valence-electron chi connectivity index (χ4n) is 2.63. The molecule has 0 spiro atoms. The van der Waals surface area contributed by atoms with Gasteiger partial charge in [-0.15, -0.1) is 16.4 Å². The number of hydrogen-bond acceptors (Lipinski definition) is 7. The SMILES string of the molecule is CC(C)c1nc(CC(=O)N2CCN(C(=O)Cn3cnnn3)CC2)cs1. The van der Waals surface area contributed by atoms with Gasteiger partial charge in [0.2, 0.25) is 11.8 Å². The summed E-state index contributed by atoms with van der Waals surface area (Å²) >= 11 is 1.60. The van der Waals surface area contributed by atoms with Crippen molar-refractivity contribution in [3.8, 4) is 0 Å². The Kier molecular flexibility index (Phi) is 5.37. The molecule has 0 aliphatic carbocycles. The molecule has 134 valence electrons. The molecule has 2 aromatic heterocycles. The van der Waals surface area contributed by atoms with Gasteiger partial charge in [-0.2, -0.15) is 0 Å². The fourth-order valence-corrected chi connectivity index (χ4v) is 3.47. The minimum Gasteiger partial charge on any atom is -0.339 e. The van der Waals surface area contributed by atoms with Crippen molar-refractivity contribution in [2.24, 2.45) is 0 Å². The molecule has 1 fully saturated rings. The van der Waals surface area contributed by atoms with E-state index in [4.69, 9.17) is 0 Å². The molecule has 3 heterocycles. The Morgan fingerprint density at radius 1 is 1.16 bits per heavy atom. The first-order valence-electron chi connectivity index (χ1n) is 8.23. The Bertz CT molecular complexity index is 720. The van der Waals surface area contributed by atoms with Gasteiger partial charge in [0.25, 0.3) is 0 Å². The van der Waals surface area contributed by atoms with Crippen LogP contribution in [0.4, 0.5) is 0 Å². The molecule has 9 nitrogen and oxygen atoms in total. The van der Waals surface area contributed by atoms with Crippen LogP contribution >= 0.6 is 11.3 Å². The monoisotopic (exact) mass is 363 g/mol. The minimum atomic E-state index is -0.0412. The summed E-state index contributed by atoms with van der Waals surface area (Å²) in [7, 11) is 0. The second kappa shape index (κ2) is 7.68. The fraction of sp³-hybridized carbons (Fsp3) is 0.600. The first kappa shape index (κ1) is 17.5. The zero-order valence-corrected chi connectivity index (χ0v) is 15.1. The average molecular weight is 363 g/mol. The highest BCUT2D eigenvalue weighted by molar-refractivity contribution is 7.09. The van der Waals surface area contributed by atoms with Crippen molar-refractivity contribution in [3.63, 3.8) is 0 Å². The van der Waals surface area contributed by atoms with Gasteiger partial charge in [0, 0.05) is 37.5 Å². The number of hydrogen-bond donors (Lipinski definition) is 0. The van der Waals surface area contributed by atoms with Crippen LogP contribution in [0.5, 0.6) is 0 Å². The molecule has 2 aromatic rings. The van der Waals surface area contributed by atoms with Crippen LogP contribution in [0.1, 0.15) is 30.5 Å². The van der Waals surface area contributed by atoms with Crippen LogP contribution in [0, 0.1) is 0 Å². The average Bonchev–Trinajstić information content (AvgIpc) is 3.27. The van der Waals surface area contributed by atoms with Gasteiger partial charge in [-0.25, -0.2) is 9.67 Å². The third-order valence-corrected chi connectivity index (χ3v) is 5.26. The molecular weight excluding hydrogens is 342 g/mol. The quantitative estimate of drug-likeness (QED) is 0.751. The van der Waals surface area contributed by atoms with Crippen molar-refractivity contribution in [3.05, 3.63) is 22.4 Å². The smallest absolute Gasteiger partial charge is 0.244 e. The molecule has 0 saturated carbocycles. The third kappa shape index (κ3) is 4.38. The highest BCUT2D eigenvalue weighted by Gasteiger charge is 2.25. The first-order chi connectivity index (χ1) is 12.0. The predicted octanol–water partition coefficient (Wildman–Crippen LogP) is 0.166. The van der Waals surface area contributed by atoms with Crippen molar-refractivity contribution in [1.82, 2.24) is 35.0 Å². The molecule has 1 saturated heterocycles. The number of carbonyl (C=O) groups is 2. The standard InChI is InChI=1S/C15H21N7O2S/c1-11(2)15-17-12(9-25-15)7-13(23)20-3-5-21(6-4-20)14(24)8-22-10-16-18-19-22/h9-11H,3-8H2,1-2H3. The molecule has 0 N–H and O–H groups in total. The maximum atomic E-state index is 12.4. The number of aromatic nitrogens is 5. The van der Waals surface area contributed by atoms with Gasteiger partial charge in [-0.3, -0.25) is 9.59 Å². The lowest BCUT2D eigenvalue weighted by Gasteiger charge is -2.34. The van der Waals surface area contributed by atoms with Gasteiger partial charge < -0.3 is 9.80 Å². The van der Waals surface area contributed by atoms with Crippen molar-refractivity contribution in [2.45, 2.75) is 32.7 Å². The lowest BCUT2D eigenvalue weighted by molar-refractivity contribution is -0.139. The second-order valence-electron chi connectivity index (χ2n) is 6.28. The van der Waals surface area contributed by atoms with E-state index in [0.29, 0.717) is 38.5 Å². The molecule has 2 amide bonds. The van der Waals surface area contributed by atoms with Crippen LogP contribution in [0.25, 0.3) is 0 Å². The first-order valence-corrected chi connectivity index (χ1v) is 9.11. The highest BCUT2D eigenvalue weighted by atomic mass is 32.1. The molecule has 10 heteroatoms. The molecule has 3 rings (SSSR count). The molecule has 0 aromatic carbocycles. The van der Waals surface area contributed by atoms with Gasteiger partial charge in [0.1, 0.15) is 12.9 Å². The van der Waals surface area contributed by atoms with E-state index in [1.54, 1.807) is 21.1 Å². The molecule has 0 radical (unpaired) electrons. The normalized spacial score (nSPS) is 15.0. The van der Waals surface area contributed by atoms with Crippen molar-refractivity contribution < 1.29 is 9.59 Å². The Labute approximate surface area is 149 Å². The van der Waals surface area contributed by atoms with E-state index in [0.717, 1.165) is 10.7 Å².